The van der Waals surface area contributed by atoms with Crippen molar-refractivity contribution in [3.63, 3.8) is 0 Å². The van der Waals surface area contributed by atoms with Gasteiger partial charge in [-0.15, -0.1) is 0 Å². The number of piperidine rings is 1. The van der Waals surface area contributed by atoms with Gasteiger partial charge in [0, 0.05) is 13.6 Å². The van der Waals surface area contributed by atoms with Gasteiger partial charge in [-0.25, -0.2) is 15.6 Å². The average molecular weight is 187 g/mol. The number of nitrogens with zero attached hydrogens (tertiary/aromatic N) is 2. The molecule has 0 aromatic rings. The average Bonchev–Trinajstić information content (AvgIpc) is 2.08. The maximum absolute atomic E-state index is 11.4. The summed E-state index contributed by atoms with van der Waals surface area (Å²) in [6.45, 7) is 0.669. The Bertz CT molecular complexity index is 231. The highest BCUT2D eigenvalue weighted by Crippen LogP contribution is 2.13. The van der Waals surface area contributed by atoms with Crippen molar-refractivity contribution in [3.8, 4) is 0 Å². The summed E-state index contributed by atoms with van der Waals surface area (Å²) in [5.74, 6) is 5.00. The molecule has 1 atom stereocenters. The Morgan fingerprint density at radius 1 is 1.77 bits per heavy atom. The van der Waals surface area contributed by atoms with Gasteiger partial charge in [0.15, 0.2) is 0 Å². The molecular weight excluding hydrogens is 174 g/mol. The fourth-order valence-corrected chi connectivity index (χ4v) is 1.40. The Morgan fingerprint density at radius 2 is 2.38 bits per heavy atom. The van der Waals surface area contributed by atoms with Gasteiger partial charge in [-0.05, 0) is 12.8 Å². The Morgan fingerprint density at radius 3 is 2.92 bits per heavy atom. The van der Waals surface area contributed by atoms with Crippen LogP contribution in [0.4, 0.5) is 4.79 Å². The zero-order valence-electron chi connectivity index (χ0n) is 7.43. The highest BCUT2D eigenvalue weighted by molar-refractivity contribution is 5.85. The summed E-state index contributed by atoms with van der Waals surface area (Å²) in [5, 5.41) is 9.15. The Labute approximate surface area is 75.9 Å². The molecule has 6 nitrogen and oxygen atoms in total. The van der Waals surface area contributed by atoms with Gasteiger partial charge in [-0.2, -0.15) is 0 Å². The molecule has 0 spiro atoms. The van der Waals surface area contributed by atoms with Crippen LogP contribution in [0.1, 0.15) is 12.8 Å². The Balaban J connectivity index is 2.68. The van der Waals surface area contributed by atoms with E-state index in [1.165, 1.54) is 4.90 Å². The third-order valence-electron chi connectivity index (χ3n) is 2.19. The van der Waals surface area contributed by atoms with Crippen LogP contribution in [-0.4, -0.2) is 46.7 Å². The molecule has 1 fully saturated rings. The number of carboxylic acid groups (broad SMARTS) is 1. The van der Waals surface area contributed by atoms with Gasteiger partial charge in [0.05, 0.1) is 0 Å². The molecule has 0 aromatic carbocycles. The summed E-state index contributed by atoms with van der Waals surface area (Å²) in [6, 6.07) is -0.712. The first kappa shape index (κ1) is 9.79. The van der Waals surface area contributed by atoms with Crippen LogP contribution in [0.3, 0.4) is 0 Å². The van der Waals surface area contributed by atoms with Gasteiger partial charge in [0.25, 0.3) is 0 Å². The van der Waals surface area contributed by atoms with Crippen molar-refractivity contribution in [2.75, 3.05) is 13.6 Å². The minimum absolute atomic E-state index is 0.226. The van der Waals surface area contributed by atoms with E-state index in [2.05, 4.69) is 0 Å². The molecule has 1 aliphatic heterocycles. The third-order valence-corrected chi connectivity index (χ3v) is 2.19. The normalized spacial score (nSPS) is 23.1. The fourth-order valence-electron chi connectivity index (χ4n) is 1.40. The molecule has 74 valence electrons. The zero-order valence-corrected chi connectivity index (χ0v) is 7.43. The second kappa shape index (κ2) is 3.61. The molecule has 13 heavy (non-hydrogen) atoms. The van der Waals surface area contributed by atoms with Crippen LogP contribution in [-0.2, 0) is 4.79 Å². The molecule has 0 saturated carbocycles. The molecule has 1 heterocycles. The van der Waals surface area contributed by atoms with Gasteiger partial charge < -0.3 is 10.0 Å². The first-order chi connectivity index (χ1) is 6.04. The summed E-state index contributed by atoms with van der Waals surface area (Å²) in [5.41, 5.74) is 0. The van der Waals surface area contributed by atoms with Crippen LogP contribution in [0.2, 0.25) is 0 Å². The summed E-state index contributed by atoms with van der Waals surface area (Å²) in [4.78, 5) is 23.4. The van der Waals surface area contributed by atoms with E-state index < -0.39 is 12.1 Å². The monoisotopic (exact) mass is 187 g/mol. The molecule has 0 unspecified atom stereocenters. The van der Waals surface area contributed by atoms with Crippen molar-refractivity contribution in [2.45, 2.75) is 18.9 Å². The smallest absolute Gasteiger partial charge is 0.422 e. The number of hydrazine groups is 1. The number of nitrogens with two attached hydrogens (primary N) is 1. The molecule has 1 aliphatic rings. The second-order valence-corrected chi connectivity index (χ2v) is 3.11. The lowest BCUT2D eigenvalue weighted by Gasteiger charge is -2.32. The minimum Gasteiger partial charge on any atom is -0.464 e. The number of carbonyl (C=O) groups excluding carboxylic acids is 1. The first-order valence-electron chi connectivity index (χ1n) is 4.06. The summed E-state index contributed by atoms with van der Waals surface area (Å²) in [6.07, 6.45) is 0.0218. The molecule has 0 aromatic heterocycles. The number of amides is 2. The fraction of sp³-hybridized carbons (Fsp3) is 0.714. The van der Waals surface area contributed by atoms with Crippen molar-refractivity contribution in [1.82, 2.24) is 9.91 Å². The minimum atomic E-state index is -1.27. The predicted molar refractivity (Wildman–Crippen MR) is 44.7 cm³/mol. The van der Waals surface area contributed by atoms with E-state index in [9.17, 15) is 9.59 Å². The molecule has 2 amide bonds. The topological polar surface area (TPSA) is 86.9 Å². The number of hydrogen-bond donors (Lipinski definition) is 2. The van der Waals surface area contributed by atoms with Crippen molar-refractivity contribution >= 4 is 12.0 Å². The number of rotatable bonds is 1. The number of hydrogen-bond acceptors (Lipinski definition) is 3. The number of likely N-dealkylation sites (tertiary alicyclic amines) is 1. The van der Waals surface area contributed by atoms with E-state index in [1.807, 2.05) is 0 Å². The number of likely N-dealkylation sites (N-methyl/N-ethyl adjacent to an activating group) is 1. The molecule has 0 bridgehead atoms. The zero-order chi connectivity index (χ0) is 10.0. The molecule has 3 N–H and O–H groups in total. The van der Waals surface area contributed by atoms with Crippen LogP contribution in [0.25, 0.3) is 0 Å². The quantitative estimate of drug-likeness (QED) is 0.328. The number of carbonyl (C=O) groups is 2. The largest absolute Gasteiger partial charge is 0.464 e. The van der Waals surface area contributed by atoms with E-state index in [4.69, 9.17) is 10.9 Å². The summed E-state index contributed by atoms with van der Waals surface area (Å²) < 4.78 is 0. The summed E-state index contributed by atoms with van der Waals surface area (Å²) >= 11 is 0. The van der Waals surface area contributed by atoms with Crippen LogP contribution >= 0.6 is 0 Å². The Hall–Kier alpha value is -1.30. The van der Waals surface area contributed by atoms with E-state index in [0.717, 1.165) is 6.42 Å². The lowest BCUT2D eigenvalue weighted by atomic mass is 10.1. The van der Waals surface area contributed by atoms with Crippen LogP contribution in [0, 0.1) is 0 Å². The van der Waals surface area contributed by atoms with Gasteiger partial charge >= 0.3 is 6.09 Å². The van der Waals surface area contributed by atoms with Crippen LogP contribution in [0.5, 0.6) is 0 Å². The lowest BCUT2D eigenvalue weighted by molar-refractivity contribution is -0.137. The molecule has 0 radical (unpaired) electrons. The van der Waals surface area contributed by atoms with Crippen molar-refractivity contribution in [3.05, 3.63) is 0 Å². The van der Waals surface area contributed by atoms with Crippen LogP contribution in [0.15, 0.2) is 0 Å². The van der Waals surface area contributed by atoms with Gasteiger partial charge in [-0.1, -0.05) is 0 Å². The van der Waals surface area contributed by atoms with Crippen LogP contribution < -0.4 is 5.84 Å². The SMILES string of the molecule is CN1CCC[C@H](N(N)C(=O)O)C1=O. The second-order valence-electron chi connectivity index (χ2n) is 3.11. The molecule has 1 rings (SSSR count). The standard InChI is InChI=1S/C7H13N3O3/c1-9-4-2-3-5(6(9)11)10(8)7(12)13/h5H,2-4,8H2,1H3,(H,12,13)/t5-/m0/s1. The van der Waals surface area contributed by atoms with E-state index in [-0.39, 0.29) is 5.91 Å². The van der Waals surface area contributed by atoms with Gasteiger partial charge in [0.1, 0.15) is 6.04 Å². The highest BCUT2D eigenvalue weighted by Gasteiger charge is 2.32. The van der Waals surface area contributed by atoms with Crippen molar-refractivity contribution in [2.24, 2.45) is 5.84 Å². The summed E-state index contributed by atoms with van der Waals surface area (Å²) in [7, 11) is 1.64. The maximum Gasteiger partial charge on any atom is 0.422 e. The van der Waals surface area contributed by atoms with Crippen molar-refractivity contribution < 1.29 is 14.7 Å². The third kappa shape index (κ3) is 1.89. The first-order valence-corrected chi connectivity index (χ1v) is 4.06. The predicted octanol–water partition coefficient (Wildman–Crippen LogP) is -0.539. The Kier molecular flexibility index (Phi) is 2.72. The van der Waals surface area contributed by atoms with E-state index in [0.29, 0.717) is 18.0 Å². The van der Waals surface area contributed by atoms with Crippen molar-refractivity contribution in [1.29, 1.82) is 0 Å². The molecule has 6 heteroatoms. The van der Waals surface area contributed by atoms with Gasteiger partial charge in [-0.3, -0.25) is 4.79 Å². The maximum atomic E-state index is 11.4. The van der Waals surface area contributed by atoms with Gasteiger partial charge in [0.2, 0.25) is 5.91 Å². The molecule has 1 saturated heterocycles. The van der Waals surface area contributed by atoms with E-state index in [1.54, 1.807) is 7.05 Å². The highest BCUT2D eigenvalue weighted by atomic mass is 16.4. The van der Waals surface area contributed by atoms with E-state index >= 15 is 0 Å². The lowest BCUT2D eigenvalue weighted by Crippen LogP contribution is -2.55. The molecular formula is C7H13N3O3. The molecule has 0 aliphatic carbocycles.